The molecule has 0 amide bonds. The van der Waals surface area contributed by atoms with Crippen LogP contribution in [0.5, 0.6) is 0 Å². The summed E-state index contributed by atoms with van der Waals surface area (Å²) in [5, 5.41) is 3.99. The van der Waals surface area contributed by atoms with Crippen molar-refractivity contribution in [1.29, 1.82) is 0 Å². The Bertz CT molecular complexity index is 335. The summed E-state index contributed by atoms with van der Waals surface area (Å²) >= 11 is 0. The second-order valence-electron chi connectivity index (χ2n) is 5.02. The highest BCUT2D eigenvalue weighted by Crippen LogP contribution is 2.19. The largest absolute Gasteiger partial charge is 0.338 e. The highest BCUT2D eigenvalue weighted by molar-refractivity contribution is 4.92. The lowest BCUT2D eigenvalue weighted by Crippen LogP contribution is -2.36. The zero-order valence-electron chi connectivity index (χ0n) is 10.4. The lowest BCUT2D eigenvalue weighted by atomic mass is 10.0. The molecule has 0 bridgehead atoms. The molecule has 4 heteroatoms. The van der Waals surface area contributed by atoms with E-state index in [0.717, 1.165) is 24.8 Å². The fraction of sp³-hybridized carbons (Fsp3) is 0.833. The first kappa shape index (κ1) is 11.6. The van der Waals surface area contributed by atoms with Gasteiger partial charge in [0.25, 0.3) is 0 Å². The third-order valence-corrected chi connectivity index (χ3v) is 3.28. The van der Waals surface area contributed by atoms with Gasteiger partial charge in [-0.15, -0.1) is 0 Å². The Kier molecular flexibility index (Phi) is 3.59. The summed E-state index contributed by atoms with van der Waals surface area (Å²) in [4.78, 5) is 6.85. The van der Waals surface area contributed by atoms with Crippen LogP contribution in [0, 0.1) is 0 Å². The highest BCUT2D eigenvalue weighted by atomic mass is 16.5. The maximum atomic E-state index is 5.27. The van der Waals surface area contributed by atoms with Gasteiger partial charge in [-0.1, -0.05) is 25.4 Å². The zero-order chi connectivity index (χ0) is 11.5. The molecule has 1 aromatic rings. The van der Waals surface area contributed by atoms with E-state index in [-0.39, 0.29) is 0 Å². The molecule has 16 heavy (non-hydrogen) atoms. The number of piperidine rings is 1. The van der Waals surface area contributed by atoms with Gasteiger partial charge in [-0.05, 0) is 26.3 Å². The van der Waals surface area contributed by atoms with Gasteiger partial charge in [0.05, 0.1) is 6.54 Å². The molecule has 4 nitrogen and oxygen atoms in total. The summed E-state index contributed by atoms with van der Waals surface area (Å²) in [5.74, 6) is 1.92. The second kappa shape index (κ2) is 4.95. The number of nitrogens with zero attached hydrogens (tertiary/aromatic N) is 3. The Labute approximate surface area is 97.0 Å². The maximum Gasteiger partial charge on any atom is 0.240 e. The molecule has 1 unspecified atom stereocenters. The van der Waals surface area contributed by atoms with Gasteiger partial charge in [0.15, 0.2) is 5.82 Å². The third kappa shape index (κ3) is 2.61. The van der Waals surface area contributed by atoms with Gasteiger partial charge >= 0.3 is 0 Å². The van der Waals surface area contributed by atoms with E-state index in [1.54, 1.807) is 0 Å². The number of aromatic nitrogens is 2. The Morgan fingerprint density at radius 3 is 2.88 bits per heavy atom. The first-order valence-corrected chi connectivity index (χ1v) is 6.23. The maximum absolute atomic E-state index is 5.27. The number of hydrogen-bond donors (Lipinski definition) is 0. The summed E-state index contributed by atoms with van der Waals surface area (Å²) in [6.07, 6.45) is 3.92. The minimum absolute atomic E-state index is 0.344. The van der Waals surface area contributed by atoms with E-state index in [1.165, 1.54) is 19.3 Å². The van der Waals surface area contributed by atoms with Crippen molar-refractivity contribution in [1.82, 2.24) is 15.0 Å². The molecule has 1 fully saturated rings. The van der Waals surface area contributed by atoms with Crippen molar-refractivity contribution in [3.8, 4) is 0 Å². The zero-order valence-corrected chi connectivity index (χ0v) is 10.4. The minimum atomic E-state index is 0.344. The van der Waals surface area contributed by atoms with Crippen LogP contribution in [0.4, 0.5) is 0 Å². The number of likely N-dealkylation sites (tertiary alicyclic amines) is 1. The van der Waals surface area contributed by atoms with Gasteiger partial charge in [0.1, 0.15) is 0 Å². The molecule has 0 radical (unpaired) electrons. The average Bonchev–Trinajstić information content (AvgIpc) is 2.70. The molecule has 2 rings (SSSR count). The smallest absolute Gasteiger partial charge is 0.240 e. The summed E-state index contributed by atoms with van der Waals surface area (Å²) in [7, 11) is 0. The Morgan fingerprint density at radius 1 is 1.44 bits per heavy atom. The predicted molar refractivity (Wildman–Crippen MR) is 62.1 cm³/mol. The van der Waals surface area contributed by atoms with E-state index >= 15 is 0 Å². The minimum Gasteiger partial charge on any atom is -0.338 e. The molecular weight excluding hydrogens is 202 g/mol. The molecular formula is C12H21N3O. The van der Waals surface area contributed by atoms with Crippen LogP contribution in [-0.2, 0) is 6.54 Å². The Hall–Kier alpha value is -0.900. The van der Waals surface area contributed by atoms with Crippen LogP contribution in [0.1, 0.15) is 57.7 Å². The molecule has 1 saturated heterocycles. The van der Waals surface area contributed by atoms with Gasteiger partial charge in [0.2, 0.25) is 5.89 Å². The molecule has 2 heterocycles. The third-order valence-electron chi connectivity index (χ3n) is 3.28. The van der Waals surface area contributed by atoms with E-state index in [1.807, 2.05) is 0 Å². The fourth-order valence-corrected chi connectivity index (χ4v) is 2.13. The van der Waals surface area contributed by atoms with Crippen molar-refractivity contribution in [3.63, 3.8) is 0 Å². The van der Waals surface area contributed by atoms with Crippen LogP contribution in [0.2, 0.25) is 0 Å². The predicted octanol–water partition coefficient (Wildman–Crippen LogP) is 2.57. The second-order valence-corrected chi connectivity index (χ2v) is 5.02. The van der Waals surface area contributed by atoms with Crippen molar-refractivity contribution in [2.24, 2.45) is 0 Å². The van der Waals surface area contributed by atoms with Gasteiger partial charge in [-0.2, -0.15) is 4.98 Å². The van der Waals surface area contributed by atoms with Gasteiger partial charge in [0, 0.05) is 12.0 Å². The van der Waals surface area contributed by atoms with Gasteiger partial charge in [-0.25, -0.2) is 0 Å². The van der Waals surface area contributed by atoms with Crippen LogP contribution >= 0.6 is 0 Å². The van der Waals surface area contributed by atoms with Gasteiger partial charge < -0.3 is 4.52 Å². The standard InChI is InChI=1S/C12H21N3O/c1-9(2)12-13-11(16-14-12)8-15-7-5-4-6-10(15)3/h9-10H,4-8H2,1-3H3. The van der Waals surface area contributed by atoms with Crippen molar-refractivity contribution in [3.05, 3.63) is 11.7 Å². The van der Waals surface area contributed by atoms with Crippen LogP contribution in [0.15, 0.2) is 4.52 Å². The molecule has 1 aromatic heterocycles. The summed E-state index contributed by atoms with van der Waals surface area (Å²) in [6.45, 7) is 8.40. The summed E-state index contributed by atoms with van der Waals surface area (Å²) < 4.78 is 5.27. The van der Waals surface area contributed by atoms with Crippen LogP contribution in [0.3, 0.4) is 0 Å². The normalized spacial score (nSPS) is 22.9. The topological polar surface area (TPSA) is 42.2 Å². The molecule has 1 aliphatic rings. The molecule has 0 spiro atoms. The van der Waals surface area contributed by atoms with E-state index in [9.17, 15) is 0 Å². The molecule has 0 aromatic carbocycles. The molecule has 90 valence electrons. The van der Waals surface area contributed by atoms with Crippen LogP contribution < -0.4 is 0 Å². The van der Waals surface area contributed by atoms with Gasteiger partial charge in [-0.3, -0.25) is 4.90 Å². The molecule has 0 N–H and O–H groups in total. The fourth-order valence-electron chi connectivity index (χ4n) is 2.13. The van der Waals surface area contributed by atoms with Crippen LogP contribution in [-0.4, -0.2) is 27.6 Å². The lowest BCUT2D eigenvalue weighted by molar-refractivity contribution is 0.135. The van der Waals surface area contributed by atoms with Crippen molar-refractivity contribution in [2.75, 3.05) is 6.54 Å². The monoisotopic (exact) mass is 223 g/mol. The van der Waals surface area contributed by atoms with E-state index in [0.29, 0.717) is 12.0 Å². The molecule has 1 atom stereocenters. The average molecular weight is 223 g/mol. The SMILES string of the molecule is CC(C)c1noc(CN2CCCCC2C)n1. The quantitative estimate of drug-likeness (QED) is 0.789. The van der Waals surface area contributed by atoms with Crippen LogP contribution in [0.25, 0.3) is 0 Å². The Morgan fingerprint density at radius 2 is 2.25 bits per heavy atom. The summed E-state index contributed by atoms with van der Waals surface area (Å²) in [6, 6.07) is 0.642. The molecule has 0 saturated carbocycles. The van der Waals surface area contributed by atoms with Crippen molar-refractivity contribution < 1.29 is 4.52 Å². The highest BCUT2D eigenvalue weighted by Gasteiger charge is 2.20. The first-order chi connectivity index (χ1) is 7.66. The number of rotatable bonds is 3. The molecule has 0 aliphatic carbocycles. The summed E-state index contributed by atoms with van der Waals surface area (Å²) in [5.41, 5.74) is 0. The molecule has 1 aliphatic heterocycles. The van der Waals surface area contributed by atoms with Crippen molar-refractivity contribution in [2.45, 2.75) is 58.5 Å². The van der Waals surface area contributed by atoms with Crippen molar-refractivity contribution >= 4 is 0 Å². The number of hydrogen-bond acceptors (Lipinski definition) is 4. The van der Waals surface area contributed by atoms with E-state index < -0.39 is 0 Å². The van der Waals surface area contributed by atoms with E-state index in [2.05, 4.69) is 35.8 Å². The lowest BCUT2D eigenvalue weighted by Gasteiger charge is -2.31. The Balaban J connectivity index is 1.97. The van der Waals surface area contributed by atoms with E-state index in [4.69, 9.17) is 4.52 Å². The first-order valence-electron chi connectivity index (χ1n) is 6.23.